The van der Waals surface area contributed by atoms with E-state index < -0.39 is 6.04 Å². The minimum atomic E-state index is -0.551. The molecule has 186 valence electrons. The summed E-state index contributed by atoms with van der Waals surface area (Å²) in [5, 5.41) is 2.96. The number of nitrogens with one attached hydrogen (secondary N) is 1. The first kappa shape index (κ1) is 27.2. The fraction of sp³-hybridized carbons (Fsp3) is 0.500. The number of carbonyl (C=O) groups excluding carboxylic acids is 2. The van der Waals surface area contributed by atoms with E-state index in [0.717, 1.165) is 29.5 Å². The first-order chi connectivity index (χ1) is 16.4. The van der Waals surface area contributed by atoms with Gasteiger partial charge in [-0.15, -0.1) is 0 Å². The van der Waals surface area contributed by atoms with Gasteiger partial charge in [0.1, 0.15) is 6.04 Å². The summed E-state index contributed by atoms with van der Waals surface area (Å²) in [6.07, 6.45) is 2.79. The molecule has 0 radical (unpaired) electrons. The number of hydrogen-bond acceptors (Lipinski definition) is 4. The number of hydrogen-bond donors (Lipinski definition) is 1. The predicted octanol–water partition coefficient (Wildman–Crippen LogP) is 5.06. The van der Waals surface area contributed by atoms with Crippen molar-refractivity contribution < 1.29 is 19.1 Å². The SMILES string of the molecule is CCCCNC(=O)[C@@H](C)N(Cc1ccc(C)cc1)C(=O)CCc1ccc(OCC)c(OCC)c1. The molecule has 1 atom stereocenters. The molecular formula is C28H40N2O4. The third-order valence-corrected chi connectivity index (χ3v) is 5.71. The van der Waals surface area contributed by atoms with Crippen LogP contribution in [0.4, 0.5) is 0 Å². The molecule has 0 spiro atoms. The van der Waals surface area contributed by atoms with Gasteiger partial charge in [0.15, 0.2) is 11.5 Å². The lowest BCUT2D eigenvalue weighted by atomic mass is 10.1. The Kier molecular flexibility index (Phi) is 11.4. The van der Waals surface area contributed by atoms with Crippen molar-refractivity contribution in [3.8, 4) is 11.5 Å². The van der Waals surface area contributed by atoms with Crippen LogP contribution in [0.15, 0.2) is 42.5 Å². The minimum absolute atomic E-state index is 0.0504. The number of benzene rings is 2. The van der Waals surface area contributed by atoms with Crippen LogP contribution in [0.25, 0.3) is 0 Å². The molecule has 34 heavy (non-hydrogen) atoms. The number of rotatable bonds is 14. The normalized spacial score (nSPS) is 11.6. The van der Waals surface area contributed by atoms with Gasteiger partial charge in [-0.1, -0.05) is 49.2 Å². The molecule has 0 aromatic heterocycles. The van der Waals surface area contributed by atoms with E-state index in [1.165, 1.54) is 0 Å². The lowest BCUT2D eigenvalue weighted by Gasteiger charge is -2.29. The number of unbranched alkanes of at least 4 members (excludes halogenated alkanes) is 1. The molecule has 0 heterocycles. The summed E-state index contributed by atoms with van der Waals surface area (Å²) in [7, 11) is 0. The summed E-state index contributed by atoms with van der Waals surface area (Å²) in [5.41, 5.74) is 3.16. The van der Waals surface area contributed by atoms with Crippen LogP contribution >= 0.6 is 0 Å². The highest BCUT2D eigenvalue weighted by Gasteiger charge is 2.25. The van der Waals surface area contributed by atoms with E-state index in [1.54, 1.807) is 11.8 Å². The van der Waals surface area contributed by atoms with E-state index in [0.29, 0.717) is 50.6 Å². The Balaban J connectivity index is 2.14. The monoisotopic (exact) mass is 468 g/mol. The van der Waals surface area contributed by atoms with Gasteiger partial charge in [0, 0.05) is 19.5 Å². The second-order valence-electron chi connectivity index (χ2n) is 8.47. The van der Waals surface area contributed by atoms with Crippen molar-refractivity contribution >= 4 is 11.8 Å². The largest absolute Gasteiger partial charge is 0.490 e. The summed E-state index contributed by atoms with van der Waals surface area (Å²) in [6, 6.07) is 13.3. The molecule has 0 aliphatic carbocycles. The number of carbonyl (C=O) groups is 2. The molecule has 0 unspecified atom stereocenters. The Morgan fingerprint density at radius 1 is 0.941 bits per heavy atom. The maximum atomic E-state index is 13.3. The van der Waals surface area contributed by atoms with Gasteiger partial charge in [-0.2, -0.15) is 0 Å². The van der Waals surface area contributed by atoms with E-state index in [-0.39, 0.29) is 11.8 Å². The molecule has 0 fully saturated rings. The van der Waals surface area contributed by atoms with Crippen LogP contribution in [0.1, 0.15) is 63.6 Å². The van der Waals surface area contributed by atoms with Crippen LogP contribution in [-0.2, 0) is 22.6 Å². The van der Waals surface area contributed by atoms with Crippen molar-refractivity contribution in [1.82, 2.24) is 10.2 Å². The summed E-state index contributed by atoms with van der Waals surface area (Å²) < 4.78 is 11.4. The van der Waals surface area contributed by atoms with Crippen molar-refractivity contribution in [1.29, 1.82) is 0 Å². The Bertz CT molecular complexity index is 911. The van der Waals surface area contributed by atoms with Crippen molar-refractivity contribution in [2.75, 3.05) is 19.8 Å². The Morgan fingerprint density at radius 3 is 2.24 bits per heavy atom. The fourth-order valence-electron chi connectivity index (χ4n) is 3.65. The van der Waals surface area contributed by atoms with Crippen LogP contribution in [0.2, 0.25) is 0 Å². The van der Waals surface area contributed by atoms with Gasteiger partial charge < -0.3 is 19.7 Å². The van der Waals surface area contributed by atoms with Crippen LogP contribution < -0.4 is 14.8 Å². The van der Waals surface area contributed by atoms with Gasteiger partial charge in [-0.3, -0.25) is 9.59 Å². The van der Waals surface area contributed by atoms with Crippen LogP contribution in [-0.4, -0.2) is 42.5 Å². The number of nitrogens with zero attached hydrogens (tertiary/aromatic N) is 1. The maximum Gasteiger partial charge on any atom is 0.242 e. The third-order valence-electron chi connectivity index (χ3n) is 5.71. The summed E-state index contributed by atoms with van der Waals surface area (Å²) in [6.45, 7) is 11.9. The molecule has 6 heteroatoms. The Morgan fingerprint density at radius 2 is 1.59 bits per heavy atom. The molecule has 2 amide bonds. The van der Waals surface area contributed by atoms with E-state index in [1.807, 2.05) is 63.2 Å². The first-order valence-corrected chi connectivity index (χ1v) is 12.4. The zero-order valence-electron chi connectivity index (χ0n) is 21.4. The van der Waals surface area contributed by atoms with Gasteiger partial charge in [-0.05, 0) is 63.8 Å². The maximum absolute atomic E-state index is 13.3. The molecule has 1 N–H and O–H groups in total. The standard InChI is InChI=1S/C28H40N2O4/c1-6-9-18-29-28(32)22(5)30(20-24-12-10-21(4)11-13-24)27(31)17-15-23-14-16-25(33-7-2)26(19-23)34-8-3/h10-14,16,19,22H,6-9,15,17-18,20H2,1-5H3,(H,29,32)/t22-/m1/s1. The Hall–Kier alpha value is -3.02. The highest BCUT2D eigenvalue weighted by molar-refractivity contribution is 5.87. The van der Waals surface area contributed by atoms with E-state index in [2.05, 4.69) is 12.2 Å². The molecule has 0 aliphatic heterocycles. The van der Waals surface area contributed by atoms with Gasteiger partial charge in [-0.25, -0.2) is 0 Å². The van der Waals surface area contributed by atoms with Crippen molar-refractivity contribution in [3.63, 3.8) is 0 Å². The number of aryl methyl sites for hydroxylation is 2. The van der Waals surface area contributed by atoms with Gasteiger partial charge in [0.05, 0.1) is 13.2 Å². The second kappa shape index (κ2) is 14.3. The quantitative estimate of drug-likeness (QED) is 0.394. The molecule has 0 saturated carbocycles. The van der Waals surface area contributed by atoms with Crippen molar-refractivity contribution in [2.45, 2.75) is 72.9 Å². The number of amides is 2. The van der Waals surface area contributed by atoms with Gasteiger partial charge in [0.25, 0.3) is 0 Å². The average Bonchev–Trinajstić information content (AvgIpc) is 2.83. The highest BCUT2D eigenvalue weighted by Crippen LogP contribution is 2.29. The summed E-state index contributed by atoms with van der Waals surface area (Å²) in [4.78, 5) is 27.8. The van der Waals surface area contributed by atoms with Crippen LogP contribution in [0.3, 0.4) is 0 Å². The average molecular weight is 469 g/mol. The minimum Gasteiger partial charge on any atom is -0.490 e. The molecular weight excluding hydrogens is 428 g/mol. The second-order valence-corrected chi connectivity index (χ2v) is 8.47. The lowest BCUT2D eigenvalue weighted by molar-refractivity contribution is -0.140. The van der Waals surface area contributed by atoms with Gasteiger partial charge in [0.2, 0.25) is 11.8 Å². The topological polar surface area (TPSA) is 67.9 Å². The summed E-state index contributed by atoms with van der Waals surface area (Å²) >= 11 is 0. The third kappa shape index (κ3) is 8.40. The smallest absolute Gasteiger partial charge is 0.242 e. The lowest BCUT2D eigenvalue weighted by Crippen LogP contribution is -2.47. The van der Waals surface area contributed by atoms with E-state index >= 15 is 0 Å². The fourth-order valence-corrected chi connectivity index (χ4v) is 3.65. The zero-order chi connectivity index (χ0) is 24.9. The van der Waals surface area contributed by atoms with Crippen molar-refractivity contribution in [2.24, 2.45) is 0 Å². The molecule has 2 aromatic rings. The number of ether oxygens (including phenoxy) is 2. The van der Waals surface area contributed by atoms with Crippen LogP contribution in [0.5, 0.6) is 11.5 Å². The van der Waals surface area contributed by atoms with Crippen molar-refractivity contribution in [3.05, 3.63) is 59.2 Å². The molecule has 0 saturated heterocycles. The molecule has 6 nitrogen and oxygen atoms in total. The molecule has 2 aromatic carbocycles. The first-order valence-electron chi connectivity index (χ1n) is 12.4. The van der Waals surface area contributed by atoms with E-state index in [9.17, 15) is 9.59 Å². The Labute approximate surface area is 204 Å². The molecule has 0 bridgehead atoms. The highest BCUT2D eigenvalue weighted by atomic mass is 16.5. The van der Waals surface area contributed by atoms with E-state index in [4.69, 9.17) is 9.47 Å². The molecule has 2 rings (SSSR count). The van der Waals surface area contributed by atoms with Gasteiger partial charge >= 0.3 is 0 Å². The van der Waals surface area contributed by atoms with Crippen LogP contribution in [0, 0.1) is 6.92 Å². The molecule has 0 aliphatic rings. The zero-order valence-corrected chi connectivity index (χ0v) is 21.4. The predicted molar refractivity (Wildman–Crippen MR) is 136 cm³/mol. The summed E-state index contributed by atoms with van der Waals surface area (Å²) in [5.74, 6) is 1.23.